The predicted molar refractivity (Wildman–Crippen MR) is 134 cm³/mol. The first-order valence-corrected chi connectivity index (χ1v) is 12.5. The molecule has 0 radical (unpaired) electrons. The maximum Gasteiger partial charge on any atom is 0.332 e. The molecule has 2 aromatic rings. The lowest BCUT2D eigenvalue weighted by molar-refractivity contribution is -0.290. The number of rotatable bonds is 11. The van der Waals surface area contributed by atoms with E-state index < -0.39 is 5.60 Å². The summed E-state index contributed by atoms with van der Waals surface area (Å²) in [5.41, 5.74) is 2.52. The molecule has 7 nitrogen and oxygen atoms in total. The van der Waals surface area contributed by atoms with Gasteiger partial charge in [-0.3, -0.25) is 4.84 Å². The Morgan fingerprint density at radius 3 is 2.36 bits per heavy atom. The molecular formula is C29H33NO6. The van der Waals surface area contributed by atoms with Crippen LogP contribution in [0, 0.1) is 0 Å². The van der Waals surface area contributed by atoms with Gasteiger partial charge in [0, 0.05) is 31.2 Å². The summed E-state index contributed by atoms with van der Waals surface area (Å²) < 4.78 is 22.4. The summed E-state index contributed by atoms with van der Waals surface area (Å²) in [6.07, 6.45) is 8.85. The lowest BCUT2D eigenvalue weighted by Crippen LogP contribution is -2.61. The van der Waals surface area contributed by atoms with Crippen molar-refractivity contribution in [3.8, 4) is 11.5 Å². The Morgan fingerprint density at radius 2 is 1.67 bits per heavy atom. The molecule has 0 aromatic heterocycles. The number of hydroxylamine groups is 2. The predicted octanol–water partition coefficient (Wildman–Crippen LogP) is 4.76. The van der Waals surface area contributed by atoms with Gasteiger partial charge in [-0.1, -0.05) is 36.4 Å². The van der Waals surface area contributed by atoms with E-state index in [1.54, 1.807) is 20.3 Å². The van der Waals surface area contributed by atoms with Crippen LogP contribution in [0.4, 0.5) is 0 Å². The molecular weight excluding hydrogens is 458 g/mol. The average molecular weight is 492 g/mol. The van der Waals surface area contributed by atoms with Crippen molar-refractivity contribution in [3.63, 3.8) is 0 Å². The van der Waals surface area contributed by atoms with Crippen molar-refractivity contribution in [2.45, 2.75) is 56.6 Å². The monoisotopic (exact) mass is 491 g/mol. The van der Waals surface area contributed by atoms with Gasteiger partial charge in [0.25, 0.3) is 0 Å². The number of esters is 1. The number of nitrogens with zero attached hydrogens (tertiary/aromatic N) is 1. The van der Waals surface area contributed by atoms with E-state index in [1.807, 2.05) is 65.7 Å². The SMILES string of the molecule is COc1ccc(COCCCC[C@H]2N(Cc3ccc(OC)cc3)O[C@H]3C=CC4=CC(=O)O[C@]42C3)cc1. The second-order valence-electron chi connectivity index (χ2n) is 9.45. The topological polar surface area (TPSA) is 66.5 Å². The number of hydrogen-bond acceptors (Lipinski definition) is 7. The maximum atomic E-state index is 12.3. The van der Waals surface area contributed by atoms with Crippen molar-refractivity contribution in [3.05, 3.63) is 83.5 Å². The van der Waals surface area contributed by atoms with E-state index in [1.165, 1.54) is 0 Å². The second-order valence-corrected chi connectivity index (χ2v) is 9.45. The average Bonchev–Trinajstić information content (AvgIpc) is 3.23. The molecule has 190 valence electrons. The Labute approximate surface area is 212 Å². The minimum Gasteiger partial charge on any atom is -0.497 e. The molecule has 0 amide bonds. The Morgan fingerprint density at radius 1 is 0.972 bits per heavy atom. The highest BCUT2D eigenvalue weighted by Crippen LogP contribution is 2.47. The zero-order valence-electron chi connectivity index (χ0n) is 20.9. The van der Waals surface area contributed by atoms with Crippen LogP contribution in [-0.4, -0.2) is 49.6 Å². The minimum absolute atomic E-state index is 0.0833. The quantitative estimate of drug-likeness (QED) is 0.332. The van der Waals surface area contributed by atoms with Gasteiger partial charge in [-0.15, -0.1) is 0 Å². The molecule has 3 aliphatic rings. The highest BCUT2D eigenvalue weighted by atomic mass is 16.7. The Balaban J connectivity index is 1.22. The van der Waals surface area contributed by atoms with Crippen LogP contribution in [0.25, 0.3) is 0 Å². The Bertz CT molecular complexity index is 1110. The summed E-state index contributed by atoms with van der Waals surface area (Å²) in [5.74, 6) is 1.39. The molecule has 2 bridgehead atoms. The van der Waals surface area contributed by atoms with Crippen LogP contribution in [-0.2, 0) is 32.3 Å². The minimum atomic E-state index is -0.662. The molecule has 1 fully saturated rings. The zero-order valence-corrected chi connectivity index (χ0v) is 20.9. The van der Waals surface area contributed by atoms with Crippen molar-refractivity contribution in [2.24, 2.45) is 0 Å². The molecule has 0 N–H and O–H groups in total. The van der Waals surface area contributed by atoms with Crippen LogP contribution < -0.4 is 9.47 Å². The van der Waals surface area contributed by atoms with Gasteiger partial charge in [-0.2, -0.15) is 5.06 Å². The fraction of sp³-hybridized carbons (Fsp3) is 0.414. The lowest BCUT2D eigenvalue weighted by Gasteiger charge is -2.51. The van der Waals surface area contributed by atoms with Gasteiger partial charge >= 0.3 is 5.97 Å². The fourth-order valence-electron chi connectivity index (χ4n) is 5.28. The molecule has 1 saturated heterocycles. The van der Waals surface area contributed by atoms with Crippen molar-refractivity contribution in [1.29, 1.82) is 0 Å². The van der Waals surface area contributed by atoms with E-state index in [0.717, 1.165) is 47.5 Å². The molecule has 5 rings (SSSR count). The van der Waals surface area contributed by atoms with Crippen LogP contribution in [0.3, 0.4) is 0 Å². The van der Waals surface area contributed by atoms with E-state index in [-0.39, 0.29) is 18.1 Å². The molecule has 2 heterocycles. The molecule has 7 heteroatoms. The number of fused-ring (bicyclic) bond motifs is 1. The number of ether oxygens (including phenoxy) is 4. The van der Waals surface area contributed by atoms with Gasteiger partial charge in [-0.05, 0) is 54.7 Å². The first-order chi connectivity index (χ1) is 17.6. The number of unbranched alkanes of at least 4 members (excludes halogenated alkanes) is 1. The van der Waals surface area contributed by atoms with Gasteiger partial charge in [0.1, 0.15) is 17.6 Å². The third-order valence-corrected chi connectivity index (χ3v) is 7.14. The van der Waals surface area contributed by atoms with Crippen LogP contribution >= 0.6 is 0 Å². The molecule has 1 spiro atoms. The summed E-state index contributed by atoms with van der Waals surface area (Å²) in [5, 5.41) is 2.02. The van der Waals surface area contributed by atoms with Gasteiger partial charge in [0.2, 0.25) is 0 Å². The second kappa shape index (κ2) is 10.9. The summed E-state index contributed by atoms with van der Waals surface area (Å²) in [7, 11) is 3.32. The smallest absolute Gasteiger partial charge is 0.332 e. The van der Waals surface area contributed by atoms with Crippen molar-refractivity contribution in [1.82, 2.24) is 5.06 Å². The van der Waals surface area contributed by atoms with Gasteiger partial charge in [0.15, 0.2) is 5.60 Å². The van der Waals surface area contributed by atoms with E-state index in [9.17, 15) is 4.79 Å². The Hall–Kier alpha value is -3.13. The van der Waals surface area contributed by atoms with Crippen LogP contribution in [0.2, 0.25) is 0 Å². The van der Waals surface area contributed by atoms with Crippen LogP contribution in [0.15, 0.2) is 72.3 Å². The molecule has 36 heavy (non-hydrogen) atoms. The number of hydrogen-bond donors (Lipinski definition) is 0. The highest BCUT2D eigenvalue weighted by molar-refractivity contribution is 5.88. The van der Waals surface area contributed by atoms with Crippen LogP contribution in [0.5, 0.6) is 11.5 Å². The first-order valence-electron chi connectivity index (χ1n) is 12.5. The normalized spacial score (nSPS) is 24.7. The maximum absolute atomic E-state index is 12.3. The van der Waals surface area contributed by atoms with Gasteiger partial charge in [-0.25, -0.2) is 4.79 Å². The summed E-state index contributed by atoms with van der Waals surface area (Å²) in [6, 6.07) is 15.8. The summed E-state index contributed by atoms with van der Waals surface area (Å²) in [6.45, 7) is 1.83. The number of carbonyl (C=O) groups excluding carboxylic acids is 1. The third kappa shape index (κ3) is 5.19. The van der Waals surface area contributed by atoms with Crippen molar-refractivity contribution in [2.75, 3.05) is 20.8 Å². The summed E-state index contributed by atoms with van der Waals surface area (Å²) in [4.78, 5) is 18.7. The highest BCUT2D eigenvalue weighted by Gasteiger charge is 2.56. The molecule has 3 atom stereocenters. The molecule has 2 aliphatic heterocycles. The molecule has 0 unspecified atom stereocenters. The fourth-order valence-corrected chi connectivity index (χ4v) is 5.28. The lowest BCUT2D eigenvalue weighted by atomic mass is 9.75. The molecule has 2 aromatic carbocycles. The Kier molecular flexibility index (Phi) is 7.41. The number of benzene rings is 2. The van der Waals surface area contributed by atoms with Crippen molar-refractivity contribution < 1.29 is 28.6 Å². The number of methoxy groups -OCH3 is 2. The standard InChI is InChI=1S/C29H33NO6/c1-32-24-11-6-21(7-12-24)19-30-27(29-18-26(36-30)15-10-23(29)17-28(31)35-29)5-3-4-16-34-20-22-8-13-25(33-2)14-9-22/h6-15,17,26-27H,3-5,16,18-20H2,1-2H3/t26-,27+,29+/m0/s1. The van der Waals surface area contributed by atoms with Crippen LogP contribution in [0.1, 0.15) is 36.8 Å². The van der Waals surface area contributed by atoms with Gasteiger partial charge < -0.3 is 18.9 Å². The van der Waals surface area contributed by atoms with E-state index in [2.05, 4.69) is 0 Å². The molecule has 1 aliphatic carbocycles. The largest absolute Gasteiger partial charge is 0.497 e. The van der Waals surface area contributed by atoms with E-state index in [0.29, 0.717) is 26.2 Å². The van der Waals surface area contributed by atoms with E-state index in [4.69, 9.17) is 23.8 Å². The summed E-state index contributed by atoms with van der Waals surface area (Å²) >= 11 is 0. The third-order valence-electron chi connectivity index (χ3n) is 7.14. The number of carbonyl (C=O) groups is 1. The zero-order chi connectivity index (χ0) is 25.0. The van der Waals surface area contributed by atoms with E-state index >= 15 is 0 Å². The van der Waals surface area contributed by atoms with Crippen molar-refractivity contribution >= 4 is 5.97 Å². The first kappa shape index (κ1) is 24.6. The molecule has 0 saturated carbocycles. The van der Waals surface area contributed by atoms with Gasteiger partial charge in [0.05, 0.1) is 26.9 Å².